The maximum atomic E-state index is 10.3. The van der Waals surface area contributed by atoms with Gasteiger partial charge in [-0.05, 0) is 24.6 Å². The van der Waals surface area contributed by atoms with Crippen LogP contribution in [0.3, 0.4) is 0 Å². The van der Waals surface area contributed by atoms with E-state index in [0.29, 0.717) is 43.3 Å². The Morgan fingerprint density at radius 2 is 2.11 bits per heavy atom. The lowest BCUT2D eigenvalue weighted by molar-refractivity contribution is -0.0543. The predicted octanol–water partition coefficient (Wildman–Crippen LogP) is 2.18. The number of halogens is 1. The monoisotopic (exact) mass is 270 g/mol. The van der Waals surface area contributed by atoms with Gasteiger partial charge in [0.2, 0.25) is 0 Å². The summed E-state index contributed by atoms with van der Waals surface area (Å²) in [7, 11) is 0. The van der Waals surface area contributed by atoms with Crippen molar-refractivity contribution in [1.82, 2.24) is 0 Å². The zero-order valence-corrected chi connectivity index (χ0v) is 11.3. The Balaban J connectivity index is 2.03. The van der Waals surface area contributed by atoms with Gasteiger partial charge in [-0.1, -0.05) is 11.6 Å². The molecular formula is C13H19ClN2O2. The van der Waals surface area contributed by atoms with E-state index in [1.165, 1.54) is 0 Å². The smallest absolute Gasteiger partial charge is 0.0863 e. The van der Waals surface area contributed by atoms with Crippen LogP contribution in [0.2, 0.25) is 5.02 Å². The van der Waals surface area contributed by atoms with Gasteiger partial charge in [-0.3, -0.25) is 0 Å². The molecule has 0 aromatic heterocycles. The van der Waals surface area contributed by atoms with Crippen molar-refractivity contribution in [1.29, 1.82) is 0 Å². The molecule has 0 amide bonds. The second-order valence-electron chi connectivity index (χ2n) is 4.88. The lowest BCUT2D eigenvalue weighted by Crippen LogP contribution is -2.42. The molecule has 100 valence electrons. The van der Waals surface area contributed by atoms with Crippen LogP contribution in [0.15, 0.2) is 12.1 Å². The Kier molecular flexibility index (Phi) is 4.00. The molecule has 1 aliphatic rings. The second-order valence-corrected chi connectivity index (χ2v) is 5.29. The summed E-state index contributed by atoms with van der Waals surface area (Å²) in [5.41, 5.74) is 7.54. The van der Waals surface area contributed by atoms with E-state index in [1.807, 2.05) is 13.0 Å². The van der Waals surface area contributed by atoms with Gasteiger partial charge in [-0.25, -0.2) is 0 Å². The summed E-state index contributed by atoms with van der Waals surface area (Å²) in [5.74, 6) is 0. The molecule has 0 atom stereocenters. The molecule has 1 fully saturated rings. The van der Waals surface area contributed by atoms with Gasteiger partial charge < -0.3 is 20.9 Å². The van der Waals surface area contributed by atoms with Crippen LogP contribution in [0.5, 0.6) is 0 Å². The fourth-order valence-electron chi connectivity index (χ4n) is 2.08. The van der Waals surface area contributed by atoms with Crippen LogP contribution < -0.4 is 11.1 Å². The summed E-state index contributed by atoms with van der Waals surface area (Å²) in [6, 6.07) is 3.63. The summed E-state index contributed by atoms with van der Waals surface area (Å²) in [6.07, 6.45) is 1.31. The molecule has 1 aliphatic heterocycles. The van der Waals surface area contributed by atoms with Gasteiger partial charge in [-0.15, -0.1) is 0 Å². The summed E-state index contributed by atoms with van der Waals surface area (Å²) in [5, 5.41) is 14.1. The van der Waals surface area contributed by atoms with E-state index in [-0.39, 0.29) is 0 Å². The average Bonchev–Trinajstić information content (AvgIpc) is 2.33. The number of anilines is 2. The molecule has 0 spiro atoms. The number of nitrogen functional groups attached to an aromatic ring is 1. The molecule has 1 aromatic rings. The number of rotatable bonds is 3. The Labute approximate surface area is 112 Å². The number of hydrogen-bond acceptors (Lipinski definition) is 4. The summed E-state index contributed by atoms with van der Waals surface area (Å²) >= 11 is 5.99. The minimum absolute atomic E-state index is 0.497. The van der Waals surface area contributed by atoms with Gasteiger partial charge in [0.1, 0.15) is 0 Å². The normalized spacial score (nSPS) is 18.6. The molecule has 0 bridgehead atoms. The van der Waals surface area contributed by atoms with E-state index in [9.17, 15) is 5.11 Å². The minimum atomic E-state index is -0.696. The number of ether oxygens (including phenoxy) is 1. The molecule has 1 saturated heterocycles. The van der Waals surface area contributed by atoms with Crippen molar-refractivity contribution in [2.24, 2.45) is 0 Å². The Morgan fingerprint density at radius 3 is 2.78 bits per heavy atom. The molecule has 5 heteroatoms. The SMILES string of the molecule is Cc1cc(N)c(Cl)cc1NCC1(O)CCOCC1. The molecule has 1 heterocycles. The van der Waals surface area contributed by atoms with Crippen molar-refractivity contribution in [2.45, 2.75) is 25.4 Å². The summed E-state index contributed by atoms with van der Waals surface area (Å²) in [4.78, 5) is 0. The van der Waals surface area contributed by atoms with Gasteiger partial charge in [0.25, 0.3) is 0 Å². The molecule has 0 radical (unpaired) electrons. The van der Waals surface area contributed by atoms with E-state index >= 15 is 0 Å². The van der Waals surface area contributed by atoms with Crippen LogP contribution in [-0.4, -0.2) is 30.5 Å². The molecule has 4 N–H and O–H groups in total. The third-order valence-corrected chi connectivity index (χ3v) is 3.70. The highest BCUT2D eigenvalue weighted by molar-refractivity contribution is 6.33. The minimum Gasteiger partial charge on any atom is -0.398 e. The topological polar surface area (TPSA) is 67.5 Å². The highest BCUT2D eigenvalue weighted by atomic mass is 35.5. The number of benzene rings is 1. The third kappa shape index (κ3) is 3.07. The Bertz CT molecular complexity index is 431. The number of nitrogens with two attached hydrogens (primary N) is 1. The van der Waals surface area contributed by atoms with Crippen LogP contribution in [0.25, 0.3) is 0 Å². The lowest BCUT2D eigenvalue weighted by Gasteiger charge is -2.32. The lowest BCUT2D eigenvalue weighted by atomic mass is 9.94. The van der Waals surface area contributed by atoms with Crippen LogP contribution in [0, 0.1) is 6.92 Å². The van der Waals surface area contributed by atoms with Crippen molar-refractivity contribution in [2.75, 3.05) is 30.8 Å². The Morgan fingerprint density at radius 1 is 1.44 bits per heavy atom. The zero-order valence-electron chi connectivity index (χ0n) is 10.5. The molecule has 0 aliphatic carbocycles. The first-order valence-electron chi connectivity index (χ1n) is 6.10. The first kappa shape index (κ1) is 13.5. The molecule has 2 rings (SSSR count). The largest absolute Gasteiger partial charge is 0.398 e. The van der Waals surface area contributed by atoms with Crippen LogP contribution in [0.4, 0.5) is 11.4 Å². The van der Waals surface area contributed by atoms with E-state index in [1.54, 1.807) is 6.07 Å². The fraction of sp³-hybridized carbons (Fsp3) is 0.538. The van der Waals surface area contributed by atoms with Crippen LogP contribution >= 0.6 is 11.6 Å². The quantitative estimate of drug-likeness (QED) is 0.737. The molecule has 1 aromatic carbocycles. The highest BCUT2D eigenvalue weighted by Crippen LogP contribution is 2.28. The van der Waals surface area contributed by atoms with Gasteiger partial charge >= 0.3 is 0 Å². The van der Waals surface area contributed by atoms with Gasteiger partial charge in [0.05, 0.1) is 16.3 Å². The van der Waals surface area contributed by atoms with E-state index < -0.39 is 5.60 Å². The number of hydrogen-bond donors (Lipinski definition) is 3. The van der Waals surface area contributed by atoms with Crippen LogP contribution in [0.1, 0.15) is 18.4 Å². The molecule has 0 unspecified atom stereocenters. The number of nitrogens with one attached hydrogen (secondary N) is 1. The summed E-state index contributed by atoms with van der Waals surface area (Å²) < 4.78 is 5.25. The molecule has 0 saturated carbocycles. The van der Waals surface area contributed by atoms with Gasteiger partial charge in [-0.2, -0.15) is 0 Å². The number of aryl methyl sites for hydroxylation is 1. The first-order valence-corrected chi connectivity index (χ1v) is 6.48. The molecule has 18 heavy (non-hydrogen) atoms. The average molecular weight is 271 g/mol. The maximum absolute atomic E-state index is 10.3. The van der Waals surface area contributed by atoms with Crippen molar-refractivity contribution in [3.8, 4) is 0 Å². The predicted molar refractivity (Wildman–Crippen MR) is 74.1 cm³/mol. The van der Waals surface area contributed by atoms with Gasteiger partial charge in [0, 0.05) is 38.3 Å². The first-order chi connectivity index (χ1) is 8.50. The zero-order chi connectivity index (χ0) is 13.2. The van der Waals surface area contributed by atoms with E-state index in [2.05, 4.69) is 5.32 Å². The van der Waals surface area contributed by atoms with Crippen molar-refractivity contribution in [3.63, 3.8) is 0 Å². The summed E-state index contributed by atoms with van der Waals surface area (Å²) in [6.45, 7) is 3.68. The maximum Gasteiger partial charge on any atom is 0.0863 e. The fourth-order valence-corrected chi connectivity index (χ4v) is 2.25. The van der Waals surface area contributed by atoms with Crippen molar-refractivity contribution in [3.05, 3.63) is 22.7 Å². The highest BCUT2D eigenvalue weighted by Gasteiger charge is 2.29. The van der Waals surface area contributed by atoms with Crippen molar-refractivity contribution < 1.29 is 9.84 Å². The standard InChI is InChI=1S/C13H19ClN2O2/c1-9-6-11(15)10(14)7-12(9)16-8-13(17)2-4-18-5-3-13/h6-7,16-17H,2-5,8,15H2,1H3. The Hall–Kier alpha value is -0.970. The second kappa shape index (κ2) is 5.34. The molecular weight excluding hydrogens is 252 g/mol. The third-order valence-electron chi connectivity index (χ3n) is 3.38. The molecule has 4 nitrogen and oxygen atoms in total. The van der Waals surface area contributed by atoms with Crippen molar-refractivity contribution >= 4 is 23.0 Å². The van der Waals surface area contributed by atoms with Gasteiger partial charge in [0.15, 0.2) is 0 Å². The van der Waals surface area contributed by atoms with E-state index in [0.717, 1.165) is 11.3 Å². The van der Waals surface area contributed by atoms with Crippen LogP contribution in [-0.2, 0) is 4.74 Å². The van der Waals surface area contributed by atoms with E-state index in [4.69, 9.17) is 22.1 Å². The number of aliphatic hydroxyl groups is 1.